The van der Waals surface area contributed by atoms with Gasteiger partial charge in [-0.2, -0.15) is 0 Å². The molecule has 8 heteroatoms. The summed E-state index contributed by atoms with van der Waals surface area (Å²) in [5.74, 6) is 9.22. The first kappa shape index (κ1) is 28.5. The first-order valence-corrected chi connectivity index (χ1v) is 13.8. The first-order valence-electron chi connectivity index (χ1n) is 13.4. The zero-order valence-corrected chi connectivity index (χ0v) is 24.2. The smallest absolute Gasteiger partial charge is 0.162 e. The van der Waals surface area contributed by atoms with E-state index in [0.29, 0.717) is 35.6 Å². The van der Waals surface area contributed by atoms with Gasteiger partial charge in [0.1, 0.15) is 18.4 Å². The van der Waals surface area contributed by atoms with Crippen molar-refractivity contribution < 1.29 is 18.9 Å². The molecule has 7 nitrogen and oxygen atoms in total. The number of nitrogens with zero attached hydrogens (tertiary/aromatic N) is 2. The lowest BCUT2D eigenvalue weighted by atomic mass is 9.92. The highest BCUT2D eigenvalue weighted by atomic mass is 35.5. The van der Waals surface area contributed by atoms with Crippen molar-refractivity contribution >= 4 is 17.7 Å². The van der Waals surface area contributed by atoms with Gasteiger partial charge in [0, 0.05) is 12.7 Å². The summed E-state index contributed by atoms with van der Waals surface area (Å²) in [4.78, 5) is 4.03. The van der Waals surface area contributed by atoms with E-state index in [1.165, 1.54) is 5.56 Å². The molecule has 5 rings (SSSR count). The van der Waals surface area contributed by atoms with Gasteiger partial charge < -0.3 is 18.9 Å². The van der Waals surface area contributed by atoms with Gasteiger partial charge in [0.05, 0.1) is 20.3 Å². The fourth-order valence-electron chi connectivity index (χ4n) is 4.92. The van der Waals surface area contributed by atoms with Gasteiger partial charge in [0.15, 0.2) is 23.0 Å². The molecule has 4 aromatic rings. The molecule has 41 heavy (non-hydrogen) atoms. The minimum absolute atomic E-state index is 0.138. The van der Waals surface area contributed by atoms with Crippen molar-refractivity contribution in [1.82, 2.24) is 9.99 Å². The molecule has 0 bridgehead atoms. The maximum atomic E-state index is 6.51. The molecule has 0 radical (unpaired) electrons. The third-order valence-electron chi connectivity index (χ3n) is 7.17. The van der Waals surface area contributed by atoms with Crippen molar-refractivity contribution in [3.63, 3.8) is 0 Å². The van der Waals surface area contributed by atoms with Gasteiger partial charge in [-0.3, -0.25) is 5.84 Å². The number of methoxy groups -OCH3 is 2. The molecular formula is C33H34ClN3O4. The summed E-state index contributed by atoms with van der Waals surface area (Å²) in [6.45, 7) is 3.57. The third kappa shape index (κ3) is 6.82. The van der Waals surface area contributed by atoms with Crippen LogP contribution in [0.15, 0.2) is 79.0 Å². The average molecular weight is 572 g/mol. The predicted octanol–water partition coefficient (Wildman–Crippen LogP) is 6.70. The highest BCUT2D eigenvalue weighted by Crippen LogP contribution is 2.39. The second-order valence-corrected chi connectivity index (χ2v) is 10.3. The molecule has 0 aliphatic carbocycles. The number of nitrogens with two attached hydrogens (primary N) is 1. The van der Waals surface area contributed by atoms with Crippen molar-refractivity contribution in [3.8, 4) is 23.0 Å². The van der Waals surface area contributed by atoms with Crippen LogP contribution in [-0.2, 0) is 19.6 Å². The van der Waals surface area contributed by atoms with Crippen LogP contribution in [0.4, 0.5) is 0 Å². The number of hydrogen-bond acceptors (Lipinski definition) is 7. The van der Waals surface area contributed by atoms with Gasteiger partial charge in [-0.25, -0.2) is 9.99 Å². The summed E-state index contributed by atoms with van der Waals surface area (Å²) in [5.41, 5.74) is 6.36. The van der Waals surface area contributed by atoms with Crippen LogP contribution in [0, 0.1) is 6.92 Å². The van der Waals surface area contributed by atoms with E-state index in [-0.39, 0.29) is 6.04 Å². The van der Waals surface area contributed by atoms with Gasteiger partial charge in [-0.1, -0.05) is 54.1 Å². The zero-order valence-electron chi connectivity index (χ0n) is 23.5. The molecule has 0 saturated heterocycles. The Hall–Kier alpha value is -4.04. The quantitative estimate of drug-likeness (QED) is 0.167. The summed E-state index contributed by atoms with van der Waals surface area (Å²) in [6, 6.07) is 21.7. The summed E-state index contributed by atoms with van der Waals surface area (Å²) in [5, 5.41) is 2.28. The van der Waals surface area contributed by atoms with E-state index in [9.17, 15) is 0 Å². The normalized spacial score (nSPS) is 15.0. The molecule has 0 amide bonds. The first-order chi connectivity index (χ1) is 19.9. The maximum absolute atomic E-state index is 6.51. The lowest BCUT2D eigenvalue weighted by molar-refractivity contribution is 0.223. The highest BCUT2D eigenvalue weighted by Gasteiger charge is 2.26. The highest BCUT2D eigenvalue weighted by molar-refractivity contribution is 6.29. The molecule has 2 heterocycles. The Labute approximate surface area is 246 Å². The van der Waals surface area contributed by atoms with Crippen LogP contribution < -0.4 is 24.8 Å². The van der Waals surface area contributed by atoms with Crippen molar-refractivity contribution in [1.29, 1.82) is 0 Å². The van der Waals surface area contributed by atoms with Gasteiger partial charge in [0.25, 0.3) is 0 Å². The number of halogens is 1. The van der Waals surface area contributed by atoms with E-state index >= 15 is 0 Å². The summed E-state index contributed by atoms with van der Waals surface area (Å²) < 4.78 is 23.6. The van der Waals surface area contributed by atoms with Crippen LogP contribution in [0.3, 0.4) is 0 Å². The van der Waals surface area contributed by atoms with Crippen LogP contribution in [0.1, 0.15) is 39.4 Å². The van der Waals surface area contributed by atoms with Crippen LogP contribution in [-0.4, -0.2) is 30.8 Å². The largest absolute Gasteiger partial charge is 0.493 e. The van der Waals surface area contributed by atoms with E-state index in [1.54, 1.807) is 26.5 Å². The van der Waals surface area contributed by atoms with Gasteiger partial charge >= 0.3 is 0 Å². The van der Waals surface area contributed by atoms with E-state index in [4.69, 9.17) is 36.4 Å². The molecule has 1 unspecified atom stereocenters. The molecule has 1 atom stereocenters. The molecule has 2 N–H and O–H groups in total. The van der Waals surface area contributed by atoms with Crippen molar-refractivity contribution in [2.45, 2.75) is 32.6 Å². The Balaban J connectivity index is 1.39. The summed E-state index contributed by atoms with van der Waals surface area (Å²) in [7, 11) is 3.30. The minimum Gasteiger partial charge on any atom is -0.493 e. The minimum atomic E-state index is -0.138. The van der Waals surface area contributed by atoms with Gasteiger partial charge in [-0.05, 0) is 83.1 Å². The number of fused-ring (bicyclic) bond motifs is 1. The molecule has 1 aliphatic heterocycles. The topological polar surface area (TPSA) is 79.1 Å². The SMILES string of the molecule is COc1cc(C)c(/C=C/C2c3cc(OC)c(OCc4ccccc4)cc3CCN2N)cc1OCc1ccnc(Cl)c1. The van der Waals surface area contributed by atoms with E-state index in [1.807, 2.05) is 66.5 Å². The van der Waals surface area contributed by atoms with Crippen molar-refractivity contribution in [3.05, 3.63) is 118 Å². The molecule has 0 saturated carbocycles. The zero-order chi connectivity index (χ0) is 28.8. The van der Waals surface area contributed by atoms with Gasteiger partial charge in [-0.15, -0.1) is 0 Å². The number of hydrogen-bond donors (Lipinski definition) is 1. The Morgan fingerprint density at radius 2 is 1.61 bits per heavy atom. The van der Waals surface area contributed by atoms with Crippen LogP contribution in [0.25, 0.3) is 6.08 Å². The Kier molecular flexibility index (Phi) is 9.09. The third-order valence-corrected chi connectivity index (χ3v) is 7.38. The Morgan fingerprint density at radius 3 is 2.34 bits per heavy atom. The molecule has 212 valence electrons. The molecule has 0 fully saturated rings. The molecule has 1 aromatic heterocycles. The molecular weight excluding hydrogens is 538 g/mol. The maximum Gasteiger partial charge on any atom is 0.162 e. The fraction of sp³-hybridized carbons (Fsp3) is 0.242. The average Bonchev–Trinajstić information content (AvgIpc) is 2.99. The van der Waals surface area contributed by atoms with Crippen molar-refractivity contribution in [2.75, 3.05) is 20.8 Å². The number of rotatable bonds is 10. The second-order valence-electron chi connectivity index (χ2n) is 9.90. The molecule has 0 spiro atoms. The number of hydrazine groups is 1. The lowest BCUT2D eigenvalue weighted by Gasteiger charge is -2.33. The van der Waals surface area contributed by atoms with Crippen LogP contribution in [0.2, 0.25) is 5.15 Å². The fourth-order valence-corrected chi connectivity index (χ4v) is 5.11. The van der Waals surface area contributed by atoms with E-state index < -0.39 is 0 Å². The summed E-state index contributed by atoms with van der Waals surface area (Å²) >= 11 is 6.03. The number of aromatic nitrogens is 1. The van der Waals surface area contributed by atoms with Crippen LogP contribution >= 0.6 is 11.6 Å². The summed E-state index contributed by atoms with van der Waals surface area (Å²) in [6.07, 6.45) is 6.68. The van der Waals surface area contributed by atoms with E-state index in [2.05, 4.69) is 23.2 Å². The Morgan fingerprint density at radius 1 is 0.902 bits per heavy atom. The van der Waals surface area contributed by atoms with Crippen molar-refractivity contribution in [2.24, 2.45) is 5.84 Å². The second kappa shape index (κ2) is 13.1. The van der Waals surface area contributed by atoms with Gasteiger partial charge in [0.2, 0.25) is 0 Å². The standard InChI is InChI=1S/C33H34ClN3O4/c1-22-15-29(38-2)31(41-21-24-11-13-36-33(34)16-24)17-25(22)9-10-28-27-19-30(39-3)32(18-26(27)12-14-37(28)35)40-20-23-7-5-4-6-8-23/h4-11,13,15-19,28H,12,14,20-21,35H2,1-3H3/b10-9+. The monoisotopic (exact) mass is 571 g/mol. The number of aryl methyl sites for hydroxylation is 1. The number of pyridine rings is 1. The molecule has 3 aromatic carbocycles. The lowest BCUT2D eigenvalue weighted by Crippen LogP contribution is -2.39. The number of benzene rings is 3. The molecule has 1 aliphatic rings. The van der Waals surface area contributed by atoms with Crippen LogP contribution in [0.5, 0.6) is 23.0 Å². The number of ether oxygens (including phenoxy) is 4. The van der Waals surface area contributed by atoms with E-state index in [0.717, 1.165) is 46.5 Å². The Bertz CT molecular complexity index is 1530. The predicted molar refractivity (Wildman–Crippen MR) is 161 cm³/mol.